The Morgan fingerprint density at radius 1 is 1.58 bits per heavy atom. The molecule has 0 saturated carbocycles. The average molecular weight is 282 g/mol. The fourth-order valence-corrected chi connectivity index (χ4v) is 3.27. The Bertz CT molecular complexity index is 428. The summed E-state index contributed by atoms with van der Waals surface area (Å²) >= 11 is 1.25. The first-order valence-corrected chi connectivity index (χ1v) is 7.57. The van der Waals surface area contributed by atoms with Gasteiger partial charge in [-0.2, -0.15) is 0 Å². The number of amides is 1. The van der Waals surface area contributed by atoms with Gasteiger partial charge in [-0.1, -0.05) is 18.3 Å². The van der Waals surface area contributed by atoms with Crippen molar-refractivity contribution >= 4 is 22.4 Å². The van der Waals surface area contributed by atoms with Gasteiger partial charge in [-0.15, -0.1) is 0 Å². The molecule has 0 radical (unpaired) electrons. The summed E-state index contributed by atoms with van der Waals surface area (Å²) in [5.74, 6) is 0.500. The van der Waals surface area contributed by atoms with Gasteiger partial charge < -0.3 is 15.5 Å². The lowest BCUT2D eigenvalue weighted by atomic mass is 10.1. The van der Waals surface area contributed by atoms with E-state index in [2.05, 4.69) is 16.8 Å². The third kappa shape index (κ3) is 3.91. The predicted molar refractivity (Wildman–Crippen MR) is 78.3 cm³/mol. The zero-order valence-corrected chi connectivity index (χ0v) is 12.4. The molecule has 0 aliphatic carbocycles. The number of anilines is 1. The lowest BCUT2D eigenvalue weighted by Crippen LogP contribution is -2.35. The molecule has 1 aliphatic heterocycles. The lowest BCUT2D eigenvalue weighted by Gasteiger charge is -2.24. The van der Waals surface area contributed by atoms with Gasteiger partial charge in [0.2, 0.25) is 0 Å². The Morgan fingerprint density at radius 2 is 2.26 bits per heavy atom. The highest BCUT2D eigenvalue weighted by atomic mass is 32.1. The minimum Gasteiger partial charge on any atom is -0.375 e. The number of thiazole rings is 1. The molecule has 1 unspecified atom stereocenters. The van der Waals surface area contributed by atoms with Gasteiger partial charge in [-0.05, 0) is 31.8 Å². The SMILES string of the molecule is CC(CN1CCCC1)CN(C)C(=O)c1cnc(N)s1. The van der Waals surface area contributed by atoms with Crippen molar-refractivity contribution in [2.24, 2.45) is 5.92 Å². The Balaban J connectivity index is 1.82. The van der Waals surface area contributed by atoms with Crippen LogP contribution in [0.5, 0.6) is 0 Å². The van der Waals surface area contributed by atoms with E-state index < -0.39 is 0 Å². The molecule has 2 N–H and O–H groups in total. The van der Waals surface area contributed by atoms with Crippen LogP contribution in [0, 0.1) is 5.92 Å². The van der Waals surface area contributed by atoms with Crippen LogP contribution in [0.25, 0.3) is 0 Å². The maximum atomic E-state index is 12.2. The molecule has 19 heavy (non-hydrogen) atoms. The van der Waals surface area contributed by atoms with Crippen LogP contribution < -0.4 is 5.73 Å². The molecule has 5 nitrogen and oxygen atoms in total. The highest BCUT2D eigenvalue weighted by Crippen LogP contribution is 2.17. The second-order valence-electron chi connectivity index (χ2n) is 5.36. The second kappa shape index (κ2) is 6.34. The Kier molecular flexibility index (Phi) is 4.76. The lowest BCUT2D eigenvalue weighted by molar-refractivity contribution is 0.0771. The normalized spacial score (nSPS) is 17.6. The summed E-state index contributed by atoms with van der Waals surface area (Å²) in [5.41, 5.74) is 5.56. The van der Waals surface area contributed by atoms with Crippen molar-refractivity contribution in [3.63, 3.8) is 0 Å². The zero-order valence-electron chi connectivity index (χ0n) is 11.6. The fourth-order valence-electron chi connectivity index (χ4n) is 2.59. The summed E-state index contributed by atoms with van der Waals surface area (Å²) in [6.07, 6.45) is 4.17. The molecule has 106 valence electrons. The van der Waals surface area contributed by atoms with Gasteiger partial charge in [0.15, 0.2) is 5.13 Å². The van der Waals surface area contributed by atoms with Crippen LogP contribution in [0.1, 0.15) is 29.4 Å². The van der Waals surface area contributed by atoms with E-state index in [4.69, 9.17) is 5.73 Å². The minimum absolute atomic E-state index is 0.0162. The van der Waals surface area contributed by atoms with Gasteiger partial charge in [0.1, 0.15) is 4.88 Å². The molecule has 2 rings (SSSR count). The number of rotatable bonds is 5. The van der Waals surface area contributed by atoms with Crippen molar-refractivity contribution < 1.29 is 4.79 Å². The molecule has 2 heterocycles. The molecule has 1 aromatic heterocycles. The van der Waals surface area contributed by atoms with Crippen molar-refractivity contribution in [1.29, 1.82) is 0 Å². The van der Waals surface area contributed by atoms with E-state index in [1.807, 2.05) is 7.05 Å². The van der Waals surface area contributed by atoms with E-state index in [9.17, 15) is 4.79 Å². The number of nitrogen functional groups attached to an aromatic ring is 1. The third-order valence-electron chi connectivity index (χ3n) is 3.44. The number of nitrogens with two attached hydrogens (primary N) is 1. The first kappa shape index (κ1) is 14.3. The van der Waals surface area contributed by atoms with Crippen LogP contribution in [0.15, 0.2) is 6.20 Å². The summed E-state index contributed by atoms with van der Waals surface area (Å²) in [4.78, 5) is 21.0. The molecule has 0 aromatic carbocycles. The van der Waals surface area contributed by atoms with Crippen molar-refractivity contribution in [2.75, 3.05) is 39.0 Å². The molecule has 1 aromatic rings. The summed E-state index contributed by atoms with van der Waals surface area (Å²) in [6.45, 7) is 6.44. The highest BCUT2D eigenvalue weighted by Gasteiger charge is 2.19. The van der Waals surface area contributed by atoms with E-state index in [-0.39, 0.29) is 5.91 Å². The Hall–Kier alpha value is -1.14. The molecular formula is C13H22N4OS. The summed E-state index contributed by atoms with van der Waals surface area (Å²) in [6, 6.07) is 0. The molecule has 0 bridgehead atoms. The standard InChI is InChI=1S/C13H22N4OS/c1-10(9-17-5-3-4-6-17)8-16(2)12(18)11-7-15-13(14)19-11/h7,10H,3-6,8-9H2,1-2H3,(H2,14,15). The summed E-state index contributed by atoms with van der Waals surface area (Å²) in [7, 11) is 1.85. The number of carbonyl (C=O) groups is 1. The van der Waals surface area contributed by atoms with E-state index in [0.717, 1.165) is 13.1 Å². The van der Waals surface area contributed by atoms with Crippen molar-refractivity contribution in [1.82, 2.24) is 14.8 Å². The predicted octanol–water partition coefficient (Wildman–Crippen LogP) is 1.53. The minimum atomic E-state index is 0.0162. The summed E-state index contributed by atoms with van der Waals surface area (Å²) < 4.78 is 0. The molecule has 1 amide bonds. The second-order valence-corrected chi connectivity index (χ2v) is 6.42. The van der Waals surface area contributed by atoms with Crippen LogP contribution in [0.4, 0.5) is 5.13 Å². The van der Waals surface area contributed by atoms with Crippen LogP contribution in [-0.2, 0) is 0 Å². The first-order valence-electron chi connectivity index (χ1n) is 6.75. The maximum absolute atomic E-state index is 12.2. The van der Waals surface area contributed by atoms with Gasteiger partial charge in [0.05, 0.1) is 6.20 Å². The smallest absolute Gasteiger partial charge is 0.265 e. The molecule has 0 spiro atoms. The van der Waals surface area contributed by atoms with Gasteiger partial charge in [-0.25, -0.2) is 4.98 Å². The van der Waals surface area contributed by atoms with Gasteiger partial charge in [0.25, 0.3) is 5.91 Å². The summed E-state index contributed by atoms with van der Waals surface area (Å²) in [5, 5.41) is 0.446. The zero-order chi connectivity index (χ0) is 13.8. The van der Waals surface area contributed by atoms with Crippen molar-refractivity contribution in [2.45, 2.75) is 19.8 Å². The number of aromatic nitrogens is 1. The monoisotopic (exact) mass is 282 g/mol. The molecule has 1 saturated heterocycles. The molecule has 1 fully saturated rings. The quantitative estimate of drug-likeness (QED) is 0.889. The fraction of sp³-hybridized carbons (Fsp3) is 0.692. The van der Waals surface area contributed by atoms with Gasteiger partial charge >= 0.3 is 0 Å². The third-order valence-corrected chi connectivity index (χ3v) is 4.25. The highest BCUT2D eigenvalue weighted by molar-refractivity contribution is 7.17. The number of likely N-dealkylation sites (tertiary alicyclic amines) is 1. The van der Waals surface area contributed by atoms with Gasteiger partial charge in [-0.3, -0.25) is 4.79 Å². The Labute approximate surface area is 118 Å². The maximum Gasteiger partial charge on any atom is 0.265 e. The van der Waals surface area contributed by atoms with Crippen LogP contribution in [-0.4, -0.2) is 53.9 Å². The number of nitrogens with zero attached hydrogens (tertiary/aromatic N) is 3. The van der Waals surface area contributed by atoms with Crippen LogP contribution in [0.3, 0.4) is 0 Å². The number of hydrogen-bond donors (Lipinski definition) is 1. The Morgan fingerprint density at radius 3 is 2.84 bits per heavy atom. The van der Waals surface area contributed by atoms with E-state index in [1.165, 1.54) is 37.3 Å². The van der Waals surface area contributed by atoms with E-state index in [1.54, 1.807) is 11.1 Å². The topological polar surface area (TPSA) is 62.5 Å². The molecule has 6 heteroatoms. The molecule has 1 atom stereocenters. The largest absolute Gasteiger partial charge is 0.375 e. The van der Waals surface area contributed by atoms with E-state index in [0.29, 0.717) is 15.9 Å². The van der Waals surface area contributed by atoms with E-state index >= 15 is 0 Å². The van der Waals surface area contributed by atoms with Crippen molar-refractivity contribution in [3.8, 4) is 0 Å². The van der Waals surface area contributed by atoms with Gasteiger partial charge in [0, 0.05) is 20.1 Å². The van der Waals surface area contributed by atoms with Crippen molar-refractivity contribution in [3.05, 3.63) is 11.1 Å². The number of hydrogen-bond acceptors (Lipinski definition) is 5. The molecular weight excluding hydrogens is 260 g/mol. The molecule has 1 aliphatic rings. The van der Waals surface area contributed by atoms with Crippen LogP contribution >= 0.6 is 11.3 Å². The average Bonchev–Trinajstić information content (AvgIpc) is 2.99. The first-order chi connectivity index (χ1) is 9.06. The number of carbonyl (C=O) groups excluding carboxylic acids is 1. The van der Waals surface area contributed by atoms with Crippen LogP contribution in [0.2, 0.25) is 0 Å².